The zero-order valence-corrected chi connectivity index (χ0v) is 10.6. The van der Waals surface area contributed by atoms with Gasteiger partial charge in [0.05, 0.1) is 7.11 Å². The number of hydrogen-bond donors (Lipinski definition) is 1. The van der Waals surface area contributed by atoms with Gasteiger partial charge in [-0.3, -0.25) is 0 Å². The highest BCUT2D eigenvalue weighted by atomic mass is 16.5. The molecule has 1 atom stereocenters. The van der Waals surface area contributed by atoms with E-state index in [2.05, 4.69) is 10.2 Å². The van der Waals surface area contributed by atoms with Crippen molar-refractivity contribution in [3.8, 4) is 0 Å². The molecular formula is C13H22N2O2. The normalized spacial score (nSPS) is 40.3. The molecule has 4 fully saturated rings. The van der Waals surface area contributed by atoms with Crippen molar-refractivity contribution in [1.29, 1.82) is 0 Å². The van der Waals surface area contributed by atoms with Gasteiger partial charge >= 0.3 is 5.97 Å². The summed E-state index contributed by atoms with van der Waals surface area (Å²) in [6, 6.07) is 0. The first-order chi connectivity index (χ1) is 8.24. The third-order valence-corrected chi connectivity index (χ3v) is 4.71. The van der Waals surface area contributed by atoms with E-state index < -0.39 is 5.54 Å². The zero-order chi connectivity index (χ0) is 11.9. The molecule has 1 aliphatic carbocycles. The van der Waals surface area contributed by atoms with Crippen LogP contribution >= 0.6 is 0 Å². The molecule has 3 aliphatic heterocycles. The van der Waals surface area contributed by atoms with Gasteiger partial charge in [-0.2, -0.15) is 0 Å². The van der Waals surface area contributed by atoms with Crippen LogP contribution in [0.2, 0.25) is 0 Å². The fourth-order valence-corrected chi connectivity index (χ4v) is 3.40. The lowest BCUT2D eigenvalue weighted by molar-refractivity contribution is -0.158. The van der Waals surface area contributed by atoms with Crippen molar-refractivity contribution < 1.29 is 9.53 Å². The lowest BCUT2D eigenvalue weighted by Crippen LogP contribution is -2.70. The average Bonchev–Trinajstić information content (AvgIpc) is 3.21. The van der Waals surface area contributed by atoms with E-state index >= 15 is 0 Å². The van der Waals surface area contributed by atoms with Gasteiger partial charge in [0.25, 0.3) is 0 Å². The Kier molecular flexibility index (Phi) is 2.87. The Balaban J connectivity index is 1.76. The van der Waals surface area contributed by atoms with Crippen LogP contribution in [-0.2, 0) is 9.53 Å². The predicted molar refractivity (Wildman–Crippen MR) is 64.6 cm³/mol. The third-order valence-electron chi connectivity index (χ3n) is 4.71. The van der Waals surface area contributed by atoms with Gasteiger partial charge in [0.2, 0.25) is 0 Å². The topological polar surface area (TPSA) is 41.6 Å². The largest absolute Gasteiger partial charge is 0.468 e. The molecular weight excluding hydrogens is 216 g/mol. The van der Waals surface area contributed by atoms with Crippen molar-refractivity contribution in [3.05, 3.63) is 0 Å². The van der Waals surface area contributed by atoms with E-state index in [1.807, 2.05) is 0 Å². The van der Waals surface area contributed by atoms with Gasteiger partial charge in [-0.1, -0.05) is 0 Å². The molecule has 4 heteroatoms. The molecule has 0 spiro atoms. The van der Waals surface area contributed by atoms with E-state index in [-0.39, 0.29) is 5.97 Å². The molecule has 1 saturated carbocycles. The zero-order valence-electron chi connectivity index (χ0n) is 10.6. The highest BCUT2D eigenvalue weighted by Crippen LogP contribution is 2.37. The first-order valence-corrected chi connectivity index (χ1v) is 6.80. The number of carbonyl (C=O) groups excluding carboxylic acids is 1. The van der Waals surface area contributed by atoms with Crippen LogP contribution in [0.1, 0.15) is 25.7 Å². The molecule has 17 heavy (non-hydrogen) atoms. The minimum Gasteiger partial charge on any atom is -0.468 e. The smallest absolute Gasteiger partial charge is 0.327 e. The molecule has 3 saturated heterocycles. The van der Waals surface area contributed by atoms with Crippen LogP contribution in [0.4, 0.5) is 0 Å². The highest BCUT2D eigenvalue weighted by Gasteiger charge is 2.52. The minimum atomic E-state index is -0.409. The van der Waals surface area contributed by atoms with Crippen LogP contribution < -0.4 is 5.32 Å². The van der Waals surface area contributed by atoms with E-state index in [1.165, 1.54) is 20.0 Å². The minimum absolute atomic E-state index is 0.0486. The Hall–Kier alpha value is -0.610. The Morgan fingerprint density at radius 1 is 1.35 bits per heavy atom. The second kappa shape index (κ2) is 4.25. The quantitative estimate of drug-likeness (QED) is 0.729. The maximum Gasteiger partial charge on any atom is 0.327 e. The van der Waals surface area contributed by atoms with Crippen molar-refractivity contribution in [2.24, 2.45) is 11.8 Å². The molecule has 0 amide bonds. The fraction of sp³-hybridized carbons (Fsp3) is 0.923. The SMILES string of the molecule is COC(=O)C1(NCC2CC2)CN2CCC1CC2. The number of nitrogens with zero attached hydrogens (tertiary/aromatic N) is 1. The molecule has 0 radical (unpaired) electrons. The average molecular weight is 238 g/mol. The molecule has 1 N–H and O–H groups in total. The summed E-state index contributed by atoms with van der Waals surface area (Å²) in [6.07, 6.45) is 4.90. The molecule has 1 unspecified atom stereocenters. The van der Waals surface area contributed by atoms with Gasteiger partial charge in [-0.15, -0.1) is 0 Å². The molecule has 3 heterocycles. The summed E-state index contributed by atoms with van der Waals surface area (Å²) in [5.41, 5.74) is -0.409. The van der Waals surface area contributed by atoms with Crippen molar-refractivity contribution >= 4 is 5.97 Å². The number of ether oxygens (including phenoxy) is 1. The van der Waals surface area contributed by atoms with Gasteiger partial charge in [-0.05, 0) is 57.2 Å². The molecule has 0 aromatic carbocycles. The van der Waals surface area contributed by atoms with E-state index in [0.29, 0.717) is 5.92 Å². The summed E-state index contributed by atoms with van der Waals surface area (Å²) >= 11 is 0. The van der Waals surface area contributed by atoms with E-state index in [1.54, 1.807) is 0 Å². The second-order valence-corrected chi connectivity index (χ2v) is 5.84. The molecule has 96 valence electrons. The van der Waals surface area contributed by atoms with Crippen LogP contribution in [0.25, 0.3) is 0 Å². The number of piperidine rings is 3. The second-order valence-electron chi connectivity index (χ2n) is 5.84. The summed E-state index contributed by atoms with van der Waals surface area (Å²) in [5, 5.41) is 3.56. The fourth-order valence-electron chi connectivity index (χ4n) is 3.40. The molecule has 4 nitrogen and oxygen atoms in total. The van der Waals surface area contributed by atoms with Crippen LogP contribution in [0, 0.1) is 11.8 Å². The summed E-state index contributed by atoms with van der Waals surface area (Å²) in [5.74, 6) is 1.22. The number of rotatable bonds is 4. The third kappa shape index (κ3) is 1.97. The molecule has 4 rings (SSSR count). The van der Waals surface area contributed by atoms with Crippen LogP contribution in [0.5, 0.6) is 0 Å². The maximum atomic E-state index is 12.2. The van der Waals surface area contributed by atoms with Gasteiger partial charge in [0.15, 0.2) is 0 Å². The Morgan fingerprint density at radius 3 is 2.53 bits per heavy atom. The number of esters is 1. The molecule has 4 aliphatic rings. The molecule has 0 aromatic heterocycles. The first-order valence-electron chi connectivity index (χ1n) is 6.80. The number of nitrogens with one attached hydrogen (secondary N) is 1. The van der Waals surface area contributed by atoms with Gasteiger partial charge in [-0.25, -0.2) is 4.79 Å². The highest BCUT2D eigenvalue weighted by molar-refractivity contribution is 5.82. The number of fused-ring (bicyclic) bond motifs is 3. The number of methoxy groups -OCH3 is 1. The summed E-state index contributed by atoms with van der Waals surface area (Å²) in [4.78, 5) is 14.6. The Bertz CT molecular complexity index is 309. The maximum absolute atomic E-state index is 12.2. The van der Waals surface area contributed by atoms with E-state index in [4.69, 9.17) is 4.74 Å². The Morgan fingerprint density at radius 2 is 2.06 bits per heavy atom. The lowest BCUT2D eigenvalue weighted by atomic mass is 9.72. The standard InChI is InChI=1S/C13H22N2O2/c1-17-12(16)13(14-8-10-2-3-10)9-15-6-4-11(13)5-7-15/h10-11,14H,2-9H2,1H3. The van der Waals surface area contributed by atoms with Crippen LogP contribution in [0.15, 0.2) is 0 Å². The van der Waals surface area contributed by atoms with Crippen molar-refractivity contribution in [2.75, 3.05) is 33.3 Å². The summed E-state index contributed by atoms with van der Waals surface area (Å²) < 4.78 is 5.07. The van der Waals surface area contributed by atoms with Crippen LogP contribution in [-0.4, -0.2) is 49.7 Å². The molecule has 2 bridgehead atoms. The predicted octanol–water partition coefficient (Wildman–Crippen LogP) is 0.623. The summed E-state index contributed by atoms with van der Waals surface area (Å²) in [6.45, 7) is 4.12. The van der Waals surface area contributed by atoms with Crippen LogP contribution in [0.3, 0.4) is 0 Å². The number of hydrogen-bond acceptors (Lipinski definition) is 4. The van der Waals surface area contributed by atoms with E-state index in [9.17, 15) is 4.79 Å². The van der Waals surface area contributed by atoms with Gasteiger partial charge in [0.1, 0.15) is 5.54 Å². The monoisotopic (exact) mass is 238 g/mol. The molecule has 0 aromatic rings. The van der Waals surface area contributed by atoms with Crippen molar-refractivity contribution in [1.82, 2.24) is 10.2 Å². The number of carbonyl (C=O) groups is 1. The Labute approximate surface area is 103 Å². The first kappa shape index (κ1) is 11.5. The summed E-state index contributed by atoms with van der Waals surface area (Å²) in [7, 11) is 1.51. The lowest BCUT2D eigenvalue weighted by Gasteiger charge is -2.51. The van der Waals surface area contributed by atoms with Gasteiger partial charge in [0, 0.05) is 6.54 Å². The van der Waals surface area contributed by atoms with Crippen molar-refractivity contribution in [3.63, 3.8) is 0 Å². The van der Waals surface area contributed by atoms with Crippen molar-refractivity contribution in [2.45, 2.75) is 31.2 Å². The van der Waals surface area contributed by atoms with Gasteiger partial charge < -0.3 is 15.0 Å². The van der Waals surface area contributed by atoms with E-state index in [0.717, 1.165) is 44.9 Å².